The molecule has 2 rings (SSSR count). The van der Waals surface area contributed by atoms with Crippen LogP contribution < -0.4 is 5.32 Å². The average molecular weight is 229 g/mol. The van der Waals surface area contributed by atoms with Gasteiger partial charge in [0.25, 0.3) is 0 Å². The fourth-order valence-corrected chi connectivity index (χ4v) is 3.32. The van der Waals surface area contributed by atoms with E-state index in [1.807, 2.05) is 6.07 Å². The topological polar surface area (TPSA) is 59.3 Å². The van der Waals surface area contributed by atoms with Crippen LogP contribution >= 0.6 is 0 Å². The monoisotopic (exact) mass is 229 g/mol. The lowest BCUT2D eigenvalue weighted by Crippen LogP contribution is -2.25. The van der Waals surface area contributed by atoms with Gasteiger partial charge >= 0.3 is 0 Å². The summed E-state index contributed by atoms with van der Waals surface area (Å²) in [7, 11) is -3.00. The highest BCUT2D eigenvalue weighted by molar-refractivity contribution is 7.92. The van der Waals surface area contributed by atoms with Crippen molar-refractivity contribution in [3.05, 3.63) is 24.2 Å². The maximum absolute atomic E-state index is 11.8. The lowest BCUT2D eigenvalue weighted by Gasteiger charge is -2.12. The second-order valence-electron chi connectivity index (χ2n) is 3.95. The summed E-state index contributed by atoms with van der Waals surface area (Å²) in [4.78, 5) is 0. The van der Waals surface area contributed by atoms with Crippen molar-refractivity contribution in [2.75, 3.05) is 12.3 Å². The Bertz CT molecular complexity index is 410. The molecule has 2 atom stereocenters. The molecule has 4 nitrogen and oxygen atoms in total. The first-order chi connectivity index (χ1) is 7.09. The summed E-state index contributed by atoms with van der Waals surface area (Å²) in [6.45, 7) is 2.48. The van der Waals surface area contributed by atoms with E-state index in [2.05, 4.69) is 5.32 Å². The number of hydrogen-bond donors (Lipinski definition) is 1. The predicted octanol–water partition coefficient (Wildman–Crippen LogP) is 1.12. The Balaban J connectivity index is 2.23. The van der Waals surface area contributed by atoms with Gasteiger partial charge in [-0.1, -0.05) is 0 Å². The van der Waals surface area contributed by atoms with Gasteiger partial charge in [-0.15, -0.1) is 0 Å². The van der Waals surface area contributed by atoms with E-state index in [0.29, 0.717) is 18.7 Å². The van der Waals surface area contributed by atoms with Crippen LogP contribution in [0.3, 0.4) is 0 Å². The standard InChI is InChI=1S/C10H15NO3S/c1-8-4-5-11-9(7-15(8,12)13)10-3-2-6-14-10/h2-3,6,8-9,11H,4-5,7H2,1H3. The molecule has 84 valence electrons. The summed E-state index contributed by atoms with van der Waals surface area (Å²) >= 11 is 0. The van der Waals surface area contributed by atoms with E-state index in [4.69, 9.17) is 4.42 Å². The van der Waals surface area contributed by atoms with Crippen molar-refractivity contribution in [1.82, 2.24) is 5.32 Å². The number of rotatable bonds is 1. The fourth-order valence-electron chi connectivity index (χ4n) is 1.77. The van der Waals surface area contributed by atoms with Gasteiger partial charge < -0.3 is 9.73 Å². The van der Waals surface area contributed by atoms with Crippen LogP contribution in [0.1, 0.15) is 25.1 Å². The van der Waals surface area contributed by atoms with Crippen LogP contribution in [0.4, 0.5) is 0 Å². The Morgan fingerprint density at radius 1 is 1.53 bits per heavy atom. The number of furan rings is 1. The van der Waals surface area contributed by atoms with Gasteiger partial charge in [0.2, 0.25) is 0 Å². The van der Waals surface area contributed by atoms with Crippen LogP contribution in [0, 0.1) is 0 Å². The maximum atomic E-state index is 11.8. The molecule has 0 aromatic carbocycles. The van der Waals surface area contributed by atoms with Crippen molar-refractivity contribution in [3.8, 4) is 0 Å². The van der Waals surface area contributed by atoms with E-state index in [1.54, 1.807) is 19.3 Å². The number of nitrogens with one attached hydrogen (secondary N) is 1. The molecular formula is C10H15NO3S. The fraction of sp³-hybridized carbons (Fsp3) is 0.600. The predicted molar refractivity (Wildman–Crippen MR) is 57.3 cm³/mol. The van der Waals surface area contributed by atoms with Crippen LogP contribution in [0.25, 0.3) is 0 Å². The highest BCUT2D eigenvalue weighted by Gasteiger charge is 2.30. The van der Waals surface area contributed by atoms with Gasteiger partial charge in [-0.05, 0) is 32.0 Å². The molecule has 1 N–H and O–H groups in total. The molecule has 0 aliphatic carbocycles. The first-order valence-electron chi connectivity index (χ1n) is 5.08. The highest BCUT2D eigenvalue weighted by atomic mass is 32.2. The van der Waals surface area contributed by atoms with Crippen molar-refractivity contribution in [3.63, 3.8) is 0 Å². The summed E-state index contributed by atoms with van der Waals surface area (Å²) in [6.07, 6.45) is 2.23. The zero-order valence-electron chi connectivity index (χ0n) is 8.64. The minimum absolute atomic E-state index is 0.127. The van der Waals surface area contributed by atoms with Gasteiger partial charge in [-0.3, -0.25) is 0 Å². The van der Waals surface area contributed by atoms with Crippen molar-refractivity contribution in [2.24, 2.45) is 0 Å². The smallest absolute Gasteiger partial charge is 0.154 e. The maximum Gasteiger partial charge on any atom is 0.154 e. The van der Waals surface area contributed by atoms with Gasteiger partial charge in [-0.2, -0.15) is 0 Å². The highest BCUT2D eigenvalue weighted by Crippen LogP contribution is 2.21. The van der Waals surface area contributed by atoms with Crippen LogP contribution in [0.15, 0.2) is 22.8 Å². The number of hydrogen-bond acceptors (Lipinski definition) is 4. The second-order valence-corrected chi connectivity index (χ2v) is 6.41. The Kier molecular flexibility index (Phi) is 2.84. The SMILES string of the molecule is CC1CCNC(c2ccco2)CS1(=O)=O. The molecular weight excluding hydrogens is 214 g/mol. The quantitative estimate of drug-likeness (QED) is 0.784. The van der Waals surface area contributed by atoms with E-state index < -0.39 is 9.84 Å². The van der Waals surface area contributed by atoms with Gasteiger partial charge in [-0.25, -0.2) is 8.42 Å². The van der Waals surface area contributed by atoms with Crippen LogP contribution in [0.2, 0.25) is 0 Å². The molecule has 0 radical (unpaired) electrons. The Labute approximate surface area is 89.6 Å². The third-order valence-electron chi connectivity index (χ3n) is 2.84. The molecule has 15 heavy (non-hydrogen) atoms. The minimum atomic E-state index is -3.00. The van der Waals surface area contributed by atoms with Crippen LogP contribution in [-0.4, -0.2) is 26.0 Å². The van der Waals surface area contributed by atoms with E-state index in [1.165, 1.54) is 0 Å². The lowest BCUT2D eigenvalue weighted by atomic mass is 10.2. The molecule has 1 aliphatic rings. The molecule has 2 unspecified atom stereocenters. The van der Waals surface area contributed by atoms with E-state index in [9.17, 15) is 8.42 Å². The summed E-state index contributed by atoms with van der Waals surface area (Å²) < 4.78 is 28.9. The molecule has 0 saturated carbocycles. The van der Waals surface area contributed by atoms with E-state index in [-0.39, 0.29) is 17.0 Å². The molecule has 1 aliphatic heterocycles. The summed E-state index contributed by atoms with van der Waals surface area (Å²) in [6, 6.07) is 3.39. The normalized spacial score (nSPS) is 31.0. The Hall–Kier alpha value is -0.810. The van der Waals surface area contributed by atoms with Gasteiger partial charge in [0.1, 0.15) is 5.76 Å². The molecule has 1 aromatic rings. The van der Waals surface area contributed by atoms with Crippen molar-refractivity contribution < 1.29 is 12.8 Å². The van der Waals surface area contributed by atoms with Gasteiger partial charge in [0, 0.05) is 0 Å². The zero-order valence-corrected chi connectivity index (χ0v) is 9.46. The molecule has 5 heteroatoms. The zero-order chi connectivity index (χ0) is 10.9. The molecule has 1 saturated heterocycles. The van der Waals surface area contributed by atoms with Gasteiger partial charge in [0.05, 0.1) is 23.3 Å². The first kappa shape index (κ1) is 10.7. The Morgan fingerprint density at radius 2 is 2.33 bits per heavy atom. The summed E-state index contributed by atoms with van der Waals surface area (Å²) in [5.74, 6) is 0.828. The molecule has 0 amide bonds. The molecule has 1 aromatic heterocycles. The van der Waals surface area contributed by atoms with Crippen molar-refractivity contribution in [2.45, 2.75) is 24.6 Å². The van der Waals surface area contributed by atoms with E-state index in [0.717, 1.165) is 0 Å². The van der Waals surface area contributed by atoms with Crippen LogP contribution in [-0.2, 0) is 9.84 Å². The molecule has 0 bridgehead atoms. The summed E-state index contributed by atoms with van der Waals surface area (Å²) in [5, 5.41) is 2.94. The Morgan fingerprint density at radius 3 is 3.00 bits per heavy atom. The first-order valence-corrected chi connectivity index (χ1v) is 6.79. The molecule has 0 spiro atoms. The third kappa shape index (κ3) is 2.23. The summed E-state index contributed by atoms with van der Waals surface area (Å²) in [5.41, 5.74) is 0. The van der Waals surface area contributed by atoms with E-state index >= 15 is 0 Å². The van der Waals surface area contributed by atoms with Crippen LogP contribution in [0.5, 0.6) is 0 Å². The van der Waals surface area contributed by atoms with Crippen molar-refractivity contribution >= 4 is 9.84 Å². The van der Waals surface area contributed by atoms with Crippen molar-refractivity contribution in [1.29, 1.82) is 0 Å². The third-order valence-corrected chi connectivity index (χ3v) is 5.10. The minimum Gasteiger partial charge on any atom is -0.468 e. The molecule has 2 heterocycles. The lowest BCUT2D eigenvalue weighted by molar-refractivity contribution is 0.435. The second kappa shape index (κ2) is 3.98. The van der Waals surface area contributed by atoms with Gasteiger partial charge in [0.15, 0.2) is 9.84 Å². The molecule has 1 fully saturated rings. The number of sulfone groups is 1. The average Bonchev–Trinajstić information content (AvgIpc) is 2.64. The largest absolute Gasteiger partial charge is 0.468 e.